The van der Waals surface area contributed by atoms with Crippen LogP contribution in [0.15, 0.2) is 0 Å². The number of anilines is 2. The standard InChI is InChI=1S/C11H19N3O3S/c1-7(6-15)4-3-5-13-10-8(11(16)17-2)9(12)14-18-10/h7,13,15H,3-6H2,1-2H3,(H2,12,14). The van der Waals surface area contributed by atoms with E-state index in [2.05, 4.69) is 14.4 Å². The molecule has 4 N–H and O–H groups in total. The van der Waals surface area contributed by atoms with Crippen molar-refractivity contribution in [3.63, 3.8) is 0 Å². The van der Waals surface area contributed by atoms with Crippen molar-refractivity contribution in [1.29, 1.82) is 0 Å². The molecule has 1 unspecified atom stereocenters. The molecule has 102 valence electrons. The highest BCUT2D eigenvalue weighted by Gasteiger charge is 2.19. The summed E-state index contributed by atoms with van der Waals surface area (Å²) < 4.78 is 8.58. The van der Waals surface area contributed by atoms with Gasteiger partial charge in [0.25, 0.3) is 0 Å². The van der Waals surface area contributed by atoms with Crippen LogP contribution in [-0.2, 0) is 4.74 Å². The molecule has 6 nitrogen and oxygen atoms in total. The third kappa shape index (κ3) is 3.85. The maximum absolute atomic E-state index is 11.5. The fourth-order valence-electron chi connectivity index (χ4n) is 1.47. The summed E-state index contributed by atoms with van der Waals surface area (Å²) in [7, 11) is 1.31. The lowest BCUT2D eigenvalue weighted by atomic mass is 10.1. The first-order chi connectivity index (χ1) is 8.60. The Balaban J connectivity index is 2.50. The van der Waals surface area contributed by atoms with Gasteiger partial charge in [-0.25, -0.2) is 4.79 Å². The largest absolute Gasteiger partial charge is 0.465 e. The van der Waals surface area contributed by atoms with Gasteiger partial charge in [-0.3, -0.25) is 0 Å². The van der Waals surface area contributed by atoms with Gasteiger partial charge in [0.15, 0.2) is 5.82 Å². The van der Waals surface area contributed by atoms with E-state index < -0.39 is 5.97 Å². The molecule has 0 fully saturated rings. The second-order valence-electron chi connectivity index (χ2n) is 4.12. The third-order valence-electron chi connectivity index (χ3n) is 2.58. The van der Waals surface area contributed by atoms with Gasteiger partial charge in [0.05, 0.1) is 7.11 Å². The Hall–Kier alpha value is -1.34. The average Bonchev–Trinajstić information content (AvgIpc) is 2.74. The zero-order chi connectivity index (χ0) is 13.5. The van der Waals surface area contributed by atoms with E-state index in [1.807, 2.05) is 6.92 Å². The molecule has 0 aromatic carbocycles. The number of esters is 1. The summed E-state index contributed by atoms with van der Waals surface area (Å²) >= 11 is 1.15. The van der Waals surface area contributed by atoms with Gasteiger partial charge in [0.2, 0.25) is 0 Å². The monoisotopic (exact) mass is 273 g/mol. The van der Waals surface area contributed by atoms with Gasteiger partial charge in [0, 0.05) is 13.2 Å². The van der Waals surface area contributed by atoms with Gasteiger partial charge in [-0.05, 0) is 30.3 Å². The number of carbonyl (C=O) groups excluding carboxylic acids is 1. The number of hydrogen-bond acceptors (Lipinski definition) is 7. The van der Waals surface area contributed by atoms with Gasteiger partial charge in [-0.15, -0.1) is 0 Å². The van der Waals surface area contributed by atoms with E-state index in [0.717, 1.165) is 24.4 Å². The minimum absolute atomic E-state index is 0.193. The molecule has 0 amide bonds. The van der Waals surface area contributed by atoms with Crippen LogP contribution in [0.1, 0.15) is 30.1 Å². The van der Waals surface area contributed by atoms with E-state index >= 15 is 0 Å². The molecular formula is C11H19N3O3S. The van der Waals surface area contributed by atoms with Gasteiger partial charge < -0.3 is 20.9 Å². The molecule has 18 heavy (non-hydrogen) atoms. The van der Waals surface area contributed by atoms with Crippen molar-refractivity contribution in [3.8, 4) is 0 Å². The molecular weight excluding hydrogens is 254 g/mol. The summed E-state index contributed by atoms with van der Waals surface area (Å²) in [5.41, 5.74) is 5.92. The number of nitrogens with two attached hydrogens (primary N) is 1. The minimum Gasteiger partial charge on any atom is -0.465 e. The molecule has 0 aliphatic carbocycles. The van der Waals surface area contributed by atoms with Crippen LogP contribution in [0, 0.1) is 5.92 Å². The molecule has 0 saturated heterocycles. The van der Waals surface area contributed by atoms with Crippen LogP contribution in [-0.4, -0.2) is 35.7 Å². The van der Waals surface area contributed by atoms with Crippen LogP contribution in [0.4, 0.5) is 10.8 Å². The topological polar surface area (TPSA) is 97.5 Å². The van der Waals surface area contributed by atoms with Crippen LogP contribution < -0.4 is 11.1 Å². The van der Waals surface area contributed by atoms with E-state index in [4.69, 9.17) is 10.8 Å². The zero-order valence-electron chi connectivity index (χ0n) is 10.6. The molecule has 0 radical (unpaired) electrons. The molecule has 0 saturated carbocycles. The summed E-state index contributed by atoms with van der Waals surface area (Å²) in [5.74, 6) is 0.00367. The van der Waals surface area contributed by atoms with Crippen molar-refractivity contribution in [2.24, 2.45) is 5.92 Å². The quantitative estimate of drug-likeness (QED) is 0.512. The van der Waals surface area contributed by atoms with Crippen molar-refractivity contribution >= 4 is 28.3 Å². The highest BCUT2D eigenvalue weighted by atomic mass is 32.1. The fraction of sp³-hybridized carbons (Fsp3) is 0.636. The Morgan fingerprint density at radius 2 is 2.39 bits per heavy atom. The molecule has 0 spiro atoms. The van der Waals surface area contributed by atoms with E-state index in [1.165, 1.54) is 7.11 Å². The van der Waals surface area contributed by atoms with Gasteiger partial charge in [0.1, 0.15) is 10.6 Å². The molecule has 1 aromatic heterocycles. The summed E-state index contributed by atoms with van der Waals surface area (Å²) in [6, 6.07) is 0. The number of rotatable bonds is 7. The molecule has 1 aromatic rings. The zero-order valence-corrected chi connectivity index (χ0v) is 11.4. The van der Waals surface area contributed by atoms with Gasteiger partial charge in [-0.1, -0.05) is 6.92 Å². The summed E-state index contributed by atoms with van der Waals surface area (Å²) in [6.07, 6.45) is 1.82. The number of nitrogens with zero attached hydrogens (tertiary/aromatic N) is 1. The molecule has 1 heterocycles. The van der Waals surface area contributed by atoms with Gasteiger partial charge in [-0.2, -0.15) is 4.37 Å². The maximum Gasteiger partial charge on any atom is 0.344 e. The van der Waals surface area contributed by atoms with Gasteiger partial charge >= 0.3 is 5.97 Å². The first-order valence-electron chi connectivity index (χ1n) is 5.78. The highest BCUT2D eigenvalue weighted by Crippen LogP contribution is 2.27. The van der Waals surface area contributed by atoms with E-state index in [1.54, 1.807) is 0 Å². The van der Waals surface area contributed by atoms with Crippen molar-refractivity contribution in [2.75, 3.05) is 31.3 Å². The van der Waals surface area contributed by atoms with E-state index in [9.17, 15) is 4.79 Å². The fourth-order valence-corrected chi connectivity index (χ4v) is 2.19. The highest BCUT2D eigenvalue weighted by molar-refractivity contribution is 7.11. The smallest absolute Gasteiger partial charge is 0.344 e. The number of hydrogen-bond donors (Lipinski definition) is 3. The first kappa shape index (κ1) is 14.7. The number of methoxy groups -OCH3 is 1. The van der Waals surface area contributed by atoms with Crippen molar-refractivity contribution < 1.29 is 14.6 Å². The first-order valence-corrected chi connectivity index (χ1v) is 6.55. The van der Waals surface area contributed by atoms with Crippen molar-refractivity contribution in [2.45, 2.75) is 19.8 Å². The number of ether oxygens (including phenoxy) is 1. The second kappa shape index (κ2) is 7.17. The molecule has 1 atom stereocenters. The maximum atomic E-state index is 11.5. The summed E-state index contributed by atoms with van der Waals surface area (Å²) in [5, 5.41) is 12.7. The Morgan fingerprint density at radius 3 is 3.00 bits per heavy atom. The predicted molar refractivity (Wildman–Crippen MR) is 71.8 cm³/mol. The Bertz CT molecular complexity index is 395. The van der Waals surface area contributed by atoms with Crippen LogP contribution in [0.5, 0.6) is 0 Å². The van der Waals surface area contributed by atoms with Crippen LogP contribution in [0.3, 0.4) is 0 Å². The molecule has 0 aliphatic rings. The minimum atomic E-state index is -0.479. The number of carbonyl (C=O) groups is 1. The Morgan fingerprint density at radius 1 is 1.67 bits per heavy atom. The van der Waals surface area contributed by atoms with Crippen molar-refractivity contribution in [1.82, 2.24) is 4.37 Å². The third-order valence-corrected chi connectivity index (χ3v) is 3.40. The van der Waals surface area contributed by atoms with E-state index in [-0.39, 0.29) is 12.4 Å². The molecule has 1 rings (SSSR count). The van der Waals surface area contributed by atoms with Crippen molar-refractivity contribution in [3.05, 3.63) is 5.56 Å². The number of nitrogen functional groups attached to an aromatic ring is 1. The lowest BCUT2D eigenvalue weighted by Crippen LogP contribution is -2.10. The number of aromatic nitrogens is 1. The molecule has 0 aliphatic heterocycles. The molecule has 0 bridgehead atoms. The molecule has 7 heteroatoms. The van der Waals surface area contributed by atoms with Crippen LogP contribution >= 0.6 is 11.5 Å². The lowest BCUT2D eigenvalue weighted by Gasteiger charge is -2.08. The van der Waals surface area contributed by atoms with E-state index in [0.29, 0.717) is 23.0 Å². The lowest BCUT2D eigenvalue weighted by molar-refractivity contribution is 0.0603. The number of nitrogens with one attached hydrogen (secondary N) is 1. The number of aliphatic hydroxyl groups excluding tert-OH is 1. The Kier molecular flexibility index (Phi) is 5.87. The predicted octanol–water partition coefficient (Wildman–Crippen LogP) is 1.33. The number of aliphatic hydroxyl groups is 1. The van der Waals surface area contributed by atoms with Crippen LogP contribution in [0.2, 0.25) is 0 Å². The summed E-state index contributed by atoms with van der Waals surface area (Å²) in [6.45, 7) is 2.89. The van der Waals surface area contributed by atoms with Crippen LogP contribution in [0.25, 0.3) is 0 Å². The summed E-state index contributed by atoms with van der Waals surface area (Å²) in [4.78, 5) is 11.5. The Labute approximate surface area is 110 Å². The normalized spacial score (nSPS) is 12.2. The second-order valence-corrected chi connectivity index (χ2v) is 4.89. The average molecular weight is 273 g/mol. The SMILES string of the molecule is COC(=O)c1c(N)nsc1NCCCC(C)CO.